The summed E-state index contributed by atoms with van der Waals surface area (Å²) in [5, 5.41) is 0. The summed E-state index contributed by atoms with van der Waals surface area (Å²) in [4.78, 5) is 5.06. The molecule has 0 bridgehead atoms. The predicted octanol–water partition coefficient (Wildman–Crippen LogP) is 7.25. The van der Waals surface area contributed by atoms with Crippen molar-refractivity contribution >= 4 is 23.3 Å². The van der Waals surface area contributed by atoms with E-state index in [0.717, 1.165) is 61.8 Å². The molecule has 0 spiro atoms. The number of nitrogens with zero attached hydrogens (tertiary/aromatic N) is 1. The van der Waals surface area contributed by atoms with Crippen molar-refractivity contribution in [1.29, 1.82) is 0 Å². The largest absolute Gasteiger partial charge is 0.503 e. The summed E-state index contributed by atoms with van der Waals surface area (Å²) in [6.45, 7) is 7.55. The minimum Gasteiger partial charge on any atom is -0.377 e. The summed E-state index contributed by atoms with van der Waals surface area (Å²) in [6, 6.07) is 17.3. The average molecular weight is 616 g/mol. The Kier molecular flexibility index (Phi) is 14.1. The molecule has 1 aliphatic rings. The molecule has 2 aromatic carbocycles. The second kappa shape index (κ2) is 17.0. The maximum Gasteiger partial charge on any atom is 0.503 e. The lowest BCUT2D eigenvalue weighted by atomic mass is 9.98. The molecule has 234 valence electrons. The smallest absolute Gasteiger partial charge is 0.377 e. The van der Waals surface area contributed by atoms with E-state index in [2.05, 4.69) is 69.3 Å². The van der Waals surface area contributed by atoms with E-state index in [1.807, 2.05) is 0 Å². The van der Waals surface area contributed by atoms with E-state index < -0.39 is 17.6 Å². The van der Waals surface area contributed by atoms with Crippen LogP contribution in [0.25, 0.3) is 0 Å². The number of benzene rings is 2. The summed E-state index contributed by atoms with van der Waals surface area (Å²) >= 11 is 0. The Morgan fingerprint density at radius 1 is 0.738 bits per heavy atom. The van der Waals surface area contributed by atoms with Gasteiger partial charge in [-0.2, -0.15) is 0 Å². The van der Waals surface area contributed by atoms with Crippen molar-refractivity contribution in [2.24, 2.45) is 10.9 Å². The van der Waals surface area contributed by atoms with Crippen molar-refractivity contribution in [3.63, 3.8) is 0 Å². The van der Waals surface area contributed by atoms with E-state index in [1.165, 1.54) is 11.1 Å². The van der Waals surface area contributed by atoms with Crippen molar-refractivity contribution in [2.75, 3.05) is 48.7 Å². The van der Waals surface area contributed by atoms with Gasteiger partial charge in [-0.05, 0) is 50.5 Å². The van der Waals surface area contributed by atoms with Crippen LogP contribution in [-0.4, -0.2) is 72.0 Å². The van der Waals surface area contributed by atoms with Crippen LogP contribution in [0.3, 0.4) is 0 Å². The molecule has 0 aromatic heterocycles. The van der Waals surface area contributed by atoms with Crippen LogP contribution in [-0.2, 0) is 33.0 Å². The summed E-state index contributed by atoms with van der Waals surface area (Å²) in [5.74, 6) is 0.420. The first kappa shape index (κ1) is 34.8. The van der Waals surface area contributed by atoms with Crippen LogP contribution in [0, 0.1) is 12.8 Å². The van der Waals surface area contributed by atoms with Gasteiger partial charge in [0.2, 0.25) is 0 Å². The highest BCUT2D eigenvalue weighted by Crippen LogP contribution is 2.43. The minimum atomic E-state index is -2.96. The highest BCUT2D eigenvalue weighted by atomic mass is 28.4. The number of rotatable bonds is 14. The molecule has 7 nitrogen and oxygen atoms in total. The molecule has 3 unspecified atom stereocenters. The van der Waals surface area contributed by atoms with Crippen molar-refractivity contribution in [3.05, 3.63) is 70.8 Å². The molecular formula is C33H53NO6Si2. The summed E-state index contributed by atoms with van der Waals surface area (Å²) in [6.07, 6.45) is 7.16. The Labute approximate surface area is 256 Å². The SMILES string of the molecule is CCc1ccc(C(=NCCO[Si](OC)(OC)C2CCCCC([Si](OC)(OC)OC)CC(C)C2)c2ccc(C)cc2)cc1. The normalized spacial score (nSPS) is 21.0. The van der Waals surface area contributed by atoms with Crippen molar-refractivity contribution in [1.82, 2.24) is 0 Å². The molecule has 1 aliphatic carbocycles. The Hall–Kier alpha value is -1.70. The third-order valence-corrected chi connectivity index (χ3v) is 15.3. The molecule has 42 heavy (non-hydrogen) atoms. The lowest BCUT2D eigenvalue weighted by Gasteiger charge is -2.36. The third kappa shape index (κ3) is 8.69. The molecule has 0 radical (unpaired) electrons. The highest BCUT2D eigenvalue weighted by Gasteiger charge is 2.51. The Morgan fingerprint density at radius 3 is 1.69 bits per heavy atom. The van der Waals surface area contributed by atoms with Gasteiger partial charge >= 0.3 is 17.6 Å². The van der Waals surface area contributed by atoms with Crippen LogP contribution in [0.2, 0.25) is 11.1 Å². The molecule has 1 saturated carbocycles. The van der Waals surface area contributed by atoms with Crippen LogP contribution in [0.4, 0.5) is 0 Å². The second-order valence-corrected chi connectivity index (χ2v) is 17.9. The van der Waals surface area contributed by atoms with Crippen LogP contribution < -0.4 is 0 Å². The van der Waals surface area contributed by atoms with E-state index in [1.54, 1.807) is 35.5 Å². The first-order valence-corrected chi connectivity index (χ1v) is 19.0. The fraction of sp³-hybridized carbons (Fsp3) is 0.606. The minimum absolute atomic E-state index is 0.215. The van der Waals surface area contributed by atoms with Crippen LogP contribution >= 0.6 is 0 Å². The zero-order valence-electron chi connectivity index (χ0n) is 27.1. The summed E-state index contributed by atoms with van der Waals surface area (Å²) < 4.78 is 36.6. The second-order valence-electron chi connectivity index (χ2n) is 11.5. The summed E-state index contributed by atoms with van der Waals surface area (Å²) in [5.41, 5.74) is 6.23. The molecular weight excluding hydrogens is 563 g/mol. The maximum absolute atomic E-state index is 6.61. The van der Waals surface area contributed by atoms with E-state index in [9.17, 15) is 0 Å². The van der Waals surface area contributed by atoms with Gasteiger partial charge in [0, 0.05) is 57.8 Å². The molecule has 1 fully saturated rings. The molecule has 0 amide bonds. The van der Waals surface area contributed by atoms with Gasteiger partial charge in [0.15, 0.2) is 0 Å². The van der Waals surface area contributed by atoms with Crippen molar-refractivity contribution in [2.45, 2.75) is 76.8 Å². The zero-order chi connectivity index (χ0) is 30.6. The lowest BCUT2D eigenvalue weighted by molar-refractivity contribution is 0.0843. The van der Waals surface area contributed by atoms with Gasteiger partial charge in [-0.3, -0.25) is 4.99 Å². The topological polar surface area (TPSA) is 67.7 Å². The standard InChI is InChI=1S/C33H53NO6Si2/c1-9-28-16-20-30(21-17-28)33(29-18-14-26(2)15-19-29)34-22-23-40-42(38-7,39-8)32-13-11-10-12-31(24-27(3)25-32)41(35-4,36-5)37-6/h14-21,27,31-32H,9-13,22-25H2,1-8H3. The third-order valence-electron chi connectivity index (χ3n) is 8.78. The predicted molar refractivity (Wildman–Crippen MR) is 174 cm³/mol. The molecule has 3 atom stereocenters. The van der Waals surface area contributed by atoms with Crippen molar-refractivity contribution < 1.29 is 26.6 Å². The molecule has 0 N–H and O–H groups in total. The lowest BCUT2D eigenvalue weighted by Crippen LogP contribution is -2.50. The number of aliphatic imine (C=N–C) groups is 1. The molecule has 9 heteroatoms. The van der Waals surface area contributed by atoms with Gasteiger partial charge in [-0.15, -0.1) is 0 Å². The monoisotopic (exact) mass is 615 g/mol. The maximum atomic E-state index is 6.61. The number of hydrogen-bond acceptors (Lipinski definition) is 7. The van der Waals surface area contributed by atoms with E-state index in [4.69, 9.17) is 31.5 Å². The number of aryl methyl sites for hydroxylation is 2. The molecule has 2 aromatic rings. The zero-order valence-corrected chi connectivity index (χ0v) is 29.1. The van der Waals surface area contributed by atoms with Crippen molar-refractivity contribution in [3.8, 4) is 0 Å². The van der Waals surface area contributed by atoms with Gasteiger partial charge in [-0.1, -0.05) is 80.8 Å². The number of hydrogen-bond donors (Lipinski definition) is 0. The van der Waals surface area contributed by atoms with Gasteiger partial charge in [0.1, 0.15) is 0 Å². The van der Waals surface area contributed by atoms with E-state index in [0.29, 0.717) is 19.1 Å². The van der Waals surface area contributed by atoms with Gasteiger partial charge in [0.25, 0.3) is 0 Å². The first-order chi connectivity index (χ1) is 20.3. The van der Waals surface area contributed by atoms with Gasteiger partial charge in [0.05, 0.1) is 18.9 Å². The van der Waals surface area contributed by atoms with E-state index >= 15 is 0 Å². The fourth-order valence-electron chi connectivity index (χ4n) is 6.43. The summed E-state index contributed by atoms with van der Waals surface area (Å²) in [7, 11) is 2.96. The van der Waals surface area contributed by atoms with Gasteiger partial charge < -0.3 is 26.6 Å². The quantitative estimate of drug-likeness (QED) is 0.127. The molecule has 0 aliphatic heterocycles. The molecule has 0 heterocycles. The van der Waals surface area contributed by atoms with Crippen LogP contribution in [0.5, 0.6) is 0 Å². The Morgan fingerprint density at radius 2 is 1.21 bits per heavy atom. The van der Waals surface area contributed by atoms with E-state index in [-0.39, 0.29) is 11.1 Å². The van der Waals surface area contributed by atoms with Crippen LogP contribution in [0.15, 0.2) is 53.5 Å². The first-order valence-electron chi connectivity index (χ1n) is 15.4. The molecule has 0 saturated heterocycles. The highest BCUT2D eigenvalue weighted by molar-refractivity contribution is 6.62. The Bertz CT molecular complexity index is 1080. The van der Waals surface area contributed by atoms with Crippen LogP contribution in [0.1, 0.15) is 74.6 Å². The molecule has 3 rings (SSSR count). The average Bonchev–Trinajstić information content (AvgIpc) is 3.12. The Balaban J connectivity index is 1.76. The van der Waals surface area contributed by atoms with Gasteiger partial charge in [-0.25, -0.2) is 0 Å². The fourth-order valence-corrected chi connectivity index (χ4v) is 12.1.